The van der Waals surface area contributed by atoms with Crippen LogP contribution in [0.5, 0.6) is 0 Å². The molecule has 0 bridgehead atoms. The fourth-order valence-corrected chi connectivity index (χ4v) is 2.82. The smallest absolute Gasteiger partial charge is 0.0780 e. The van der Waals surface area contributed by atoms with Crippen LogP contribution in [0.1, 0.15) is 89.9 Å². The zero-order chi connectivity index (χ0) is 15.8. The molecule has 134 valence electrons. The maximum absolute atomic E-state index is 3.77. The first-order valence-electron chi connectivity index (χ1n) is 9.47. The largest absolute Gasteiger partial charge is 1.00 e. The van der Waals surface area contributed by atoms with E-state index in [1.807, 2.05) is 6.08 Å². The van der Waals surface area contributed by atoms with Gasteiger partial charge < -0.3 is 16.9 Å². The van der Waals surface area contributed by atoms with Gasteiger partial charge in [0.25, 0.3) is 0 Å². The molecule has 22 heavy (non-hydrogen) atoms. The molecule has 0 amide bonds. The Morgan fingerprint density at radius 1 is 0.591 bits per heavy atom. The molecule has 0 aliphatic rings. The first-order chi connectivity index (χ1) is 10.1. The lowest BCUT2D eigenvalue weighted by Crippen LogP contribution is -3.00. The lowest BCUT2D eigenvalue weighted by Gasteiger charge is -2.23. The number of allylic oxidation sites excluding steroid dienone is 1. The minimum Gasteiger partial charge on any atom is -1.00 e. The van der Waals surface area contributed by atoms with E-state index in [1.54, 1.807) is 0 Å². The van der Waals surface area contributed by atoms with Crippen molar-refractivity contribution in [3.63, 3.8) is 0 Å². The molecular formula is C20H42ClN. The second kappa shape index (κ2) is 17.3. The van der Waals surface area contributed by atoms with E-state index in [0.29, 0.717) is 0 Å². The van der Waals surface area contributed by atoms with Crippen LogP contribution in [-0.4, -0.2) is 32.2 Å². The van der Waals surface area contributed by atoms with Gasteiger partial charge in [-0.05, 0) is 25.7 Å². The second-order valence-corrected chi connectivity index (χ2v) is 7.69. The topological polar surface area (TPSA) is 0 Å². The number of nitrogens with zero attached hydrogens (tertiary/aromatic N) is 1. The SMILES string of the molecule is C=CCCCCCCCCCCCCCCC[N+](C)(C)C.[Cl-]. The summed E-state index contributed by atoms with van der Waals surface area (Å²) in [6.07, 6.45) is 21.9. The minimum atomic E-state index is 0. The van der Waals surface area contributed by atoms with Crippen molar-refractivity contribution >= 4 is 0 Å². The van der Waals surface area contributed by atoms with Crippen LogP contribution < -0.4 is 12.4 Å². The van der Waals surface area contributed by atoms with E-state index in [2.05, 4.69) is 27.7 Å². The molecule has 2 heteroatoms. The third kappa shape index (κ3) is 22.3. The third-order valence-electron chi connectivity index (χ3n) is 4.24. The fourth-order valence-electron chi connectivity index (χ4n) is 2.82. The Balaban J connectivity index is 0. The maximum atomic E-state index is 3.77. The monoisotopic (exact) mass is 331 g/mol. The molecule has 0 heterocycles. The summed E-state index contributed by atoms with van der Waals surface area (Å²) in [7, 11) is 6.87. The summed E-state index contributed by atoms with van der Waals surface area (Å²) in [5, 5.41) is 0. The number of hydrogen-bond donors (Lipinski definition) is 0. The highest BCUT2D eigenvalue weighted by Crippen LogP contribution is 2.13. The van der Waals surface area contributed by atoms with Crippen molar-refractivity contribution in [2.45, 2.75) is 89.9 Å². The lowest BCUT2D eigenvalue weighted by molar-refractivity contribution is -0.870. The van der Waals surface area contributed by atoms with Crippen molar-refractivity contribution in [3.8, 4) is 0 Å². The highest BCUT2D eigenvalue weighted by Gasteiger charge is 2.04. The van der Waals surface area contributed by atoms with Crippen LogP contribution in [0.3, 0.4) is 0 Å². The van der Waals surface area contributed by atoms with Gasteiger partial charge in [0.2, 0.25) is 0 Å². The van der Waals surface area contributed by atoms with Crippen LogP contribution in [0.15, 0.2) is 12.7 Å². The van der Waals surface area contributed by atoms with Gasteiger partial charge in [-0.2, -0.15) is 0 Å². The second-order valence-electron chi connectivity index (χ2n) is 7.69. The Kier molecular flexibility index (Phi) is 19.1. The molecule has 0 N–H and O–H groups in total. The van der Waals surface area contributed by atoms with Crippen LogP contribution in [0.25, 0.3) is 0 Å². The predicted molar refractivity (Wildman–Crippen MR) is 97.7 cm³/mol. The molecular weight excluding hydrogens is 290 g/mol. The van der Waals surface area contributed by atoms with Crippen molar-refractivity contribution in [2.24, 2.45) is 0 Å². The Hall–Kier alpha value is -0.0100. The fraction of sp³-hybridized carbons (Fsp3) is 0.900. The summed E-state index contributed by atoms with van der Waals surface area (Å²) < 4.78 is 1.12. The summed E-state index contributed by atoms with van der Waals surface area (Å²) in [5.41, 5.74) is 0. The Labute approximate surface area is 147 Å². The summed E-state index contributed by atoms with van der Waals surface area (Å²) in [5.74, 6) is 0. The summed E-state index contributed by atoms with van der Waals surface area (Å²) in [6.45, 7) is 5.10. The van der Waals surface area contributed by atoms with Crippen LogP contribution in [0.4, 0.5) is 0 Å². The van der Waals surface area contributed by atoms with Crippen LogP contribution in [0.2, 0.25) is 0 Å². The number of unbranched alkanes of at least 4 members (excludes halogenated alkanes) is 13. The summed E-state index contributed by atoms with van der Waals surface area (Å²) in [6, 6.07) is 0. The van der Waals surface area contributed by atoms with Gasteiger partial charge in [-0.1, -0.05) is 70.3 Å². The molecule has 0 spiro atoms. The number of halogens is 1. The van der Waals surface area contributed by atoms with Gasteiger partial charge in [0.05, 0.1) is 27.7 Å². The highest BCUT2D eigenvalue weighted by molar-refractivity contribution is 4.65. The molecule has 0 unspecified atom stereocenters. The molecule has 0 atom stereocenters. The average molecular weight is 332 g/mol. The molecule has 0 rings (SSSR count). The standard InChI is InChI=1S/C20H42N.ClH/c1-5-6-7-8-9-10-11-12-13-14-15-16-17-18-19-20-21(2,3)4;/h5H,1,6-20H2,2-4H3;1H/q+1;/p-1. The molecule has 0 fully saturated rings. The van der Waals surface area contributed by atoms with Gasteiger partial charge in [0.1, 0.15) is 0 Å². The van der Waals surface area contributed by atoms with E-state index < -0.39 is 0 Å². The predicted octanol–water partition coefficient (Wildman–Crippen LogP) is 3.34. The van der Waals surface area contributed by atoms with Crippen molar-refractivity contribution in [1.29, 1.82) is 0 Å². The molecule has 0 aromatic carbocycles. The van der Waals surface area contributed by atoms with Crippen molar-refractivity contribution in [2.75, 3.05) is 27.7 Å². The minimum absolute atomic E-state index is 0. The Morgan fingerprint density at radius 2 is 0.909 bits per heavy atom. The van der Waals surface area contributed by atoms with Crippen LogP contribution in [0, 0.1) is 0 Å². The normalized spacial score (nSPS) is 11.2. The molecule has 1 nitrogen and oxygen atoms in total. The van der Waals surface area contributed by atoms with Gasteiger partial charge in [-0.15, -0.1) is 6.58 Å². The zero-order valence-corrected chi connectivity index (χ0v) is 16.5. The summed E-state index contributed by atoms with van der Waals surface area (Å²) >= 11 is 0. The first-order valence-corrected chi connectivity index (χ1v) is 9.47. The van der Waals surface area contributed by atoms with Crippen molar-refractivity contribution < 1.29 is 16.9 Å². The molecule has 0 radical (unpaired) electrons. The Morgan fingerprint density at radius 3 is 1.23 bits per heavy atom. The van der Waals surface area contributed by atoms with Gasteiger partial charge in [-0.25, -0.2) is 0 Å². The molecule has 0 aliphatic carbocycles. The van der Waals surface area contributed by atoms with Crippen LogP contribution in [-0.2, 0) is 0 Å². The van der Waals surface area contributed by atoms with E-state index in [4.69, 9.17) is 0 Å². The van der Waals surface area contributed by atoms with E-state index in [-0.39, 0.29) is 12.4 Å². The summed E-state index contributed by atoms with van der Waals surface area (Å²) in [4.78, 5) is 0. The highest BCUT2D eigenvalue weighted by atomic mass is 35.5. The van der Waals surface area contributed by atoms with Gasteiger partial charge in [0, 0.05) is 0 Å². The number of quaternary nitrogens is 1. The number of hydrogen-bond acceptors (Lipinski definition) is 0. The quantitative estimate of drug-likeness (QED) is 0.231. The van der Waals surface area contributed by atoms with E-state index in [1.165, 1.54) is 96.4 Å². The molecule has 0 saturated heterocycles. The van der Waals surface area contributed by atoms with Crippen molar-refractivity contribution in [1.82, 2.24) is 0 Å². The first kappa shape index (κ1) is 24.2. The van der Waals surface area contributed by atoms with Gasteiger partial charge in [0.15, 0.2) is 0 Å². The molecule has 0 aromatic rings. The number of rotatable bonds is 16. The van der Waals surface area contributed by atoms with Gasteiger partial charge >= 0.3 is 0 Å². The van der Waals surface area contributed by atoms with E-state index >= 15 is 0 Å². The van der Waals surface area contributed by atoms with Crippen molar-refractivity contribution in [3.05, 3.63) is 12.7 Å². The third-order valence-corrected chi connectivity index (χ3v) is 4.24. The maximum Gasteiger partial charge on any atom is 0.0780 e. The zero-order valence-electron chi connectivity index (χ0n) is 15.7. The lowest BCUT2D eigenvalue weighted by atomic mass is 10.0. The Bertz CT molecular complexity index is 220. The van der Waals surface area contributed by atoms with Crippen LogP contribution >= 0.6 is 0 Å². The molecule has 0 saturated carbocycles. The van der Waals surface area contributed by atoms with Gasteiger partial charge in [-0.3, -0.25) is 0 Å². The average Bonchev–Trinajstić information content (AvgIpc) is 2.42. The molecule has 0 aliphatic heterocycles. The van der Waals surface area contributed by atoms with E-state index in [0.717, 1.165) is 4.48 Å². The molecule has 0 aromatic heterocycles. The van der Waals surface area contributed by atoms with E-state index in [9.17, 15) is 0 Å².